The molecule has 1 aliphatic carbocycles. The molecule has 0 aliphatic heterocycles. The second-order valence-electron chi connectivity index (χ2n) is 19.7. The normalized spacial score (nSPS) is 18.7. The Bertz CT molecular complexity index is 1320. The van der Waals surface area contributed by atoms with E-state index >= 15 is 0 Å². The lowest BCUT2D eigenvalue weighted by molar-refractivity contribution is -0.870. The summed E-state index contributed by atoms with van der Waals surface area (Å²) in [5.74, 6) is -1.78. The average molecular weight is 942 g/mol. The van der Waals surface area contributed by atoms with E-state index in [-0.39, 0.29) is 44.2 Å². The first-order valence-electron chi connectivity index (χ1n) is 26.1. The van der Waals surface area contributed by atoms with E-state index in [2.05, 4.69) is 13.8 Å². The van der Waals surface area contributed by atoms with E-state index in [0.717, 1.165) is 38.5 Å². The number of phosphoric acid groups is 1. The third kappa shape index (κ3) is 35.8. The van der Waals surface area contributed by atoms with E-state index in [1.54, 1.807) is 12.2 Å². The third-order valence-corrected chi connectivity index (χ3v) is 13.3. The van der Waals surface area contributed by atoms with E-state index in [1.165, 1.54) is 109 Å². The topological polar surface area (TPSA) is 169 Å². The van der Waals surface area contributed by atoms with Gasteiger partial charge >= 0.3 is 11.9 Å². The Morgan fingerprint density at radius 2 is 1.23 bits per heavy atom. The first-order valence-corrected chi connectivity index (χ1v) is 27.6. The number of aliphatic hydroxyl groups is 2. The molecule has 0 amide bonds. The van der Waals surface area contributed by atoms with Crippen LogP contribution in [0.4, 0.5) is 0 Å². The number of hydrogen-bond acceptors (Lipinski definition) is 11. The molecule has 1 rings (SSSR count). The van der Waals surface area contributed by atoms with Gasteiger partial charge in [0.05, 0.1) is 40.0 Å². The Morgan fingerprint density at radius 3 is 1.77 bits per heavy atom. The summed E-state index contributed by atoms with van der Waals surface area (Å²) < 4.78 is 34.0. The van der Waals surface area contributed by atoms with E-state index in [4.69, 9.17) is 18.5 Å². The minimum absolute atomic E-state index is 0.0324. The number of phosphoric ester groups is 1. The number of ether oxygens (including phenoxy) is 2. The van der Waals surface area contributed by atoms with E-state index < -0.39 is 50.6 Å². The van der Waals surface area contributed by atoms with Crippen LogP contribution in [0.5, 0.6) is 0 Å². The predicted octanol–water partition coefficient (Wildman–Crippen LogP) is 11.4. The maximum atomic E-state index is 12.8. The van der Waals surface area contributed by atoms with Gasteiger partial charge in [-0.1, -0.05) is 186 Å². The molecule has 65 heavy (non-hydrogen) atoms. The highest BCUT2D eigenvalue weighted by molar-refractivity contribution is 7.45. The van der Waals surface area contributed by atoms with E-state index in [1.807, 2.05) is 33.3 Å². The number of esters is 2. The zero-order chi connectivity index (χ0) is 48.0. The van der Waals surface area contributed by atoms with Crippen LogP contribution < -0.4 is 4.89 Å². The number of aliphatic hydroxyl groups excluding tert-OH is 2. The van der Waals surface area contributed by atoms with Crippen molar-refractivity contribution in [2.45, 2.75) is 231 Å². The summed E-state index contributed by atoms with van der Waals surface area (Å²) in [7, 11) is 1.01. The number of unbranched alkanes of at least 4 members (excludes halogenated alkanes) is 23. The van der Waals surface area contributed by atoms with Crippen LogP contribution in [0.25, 0.3) is 0 Å². The molecule has 1 fully saturated rings. The largest absolute Gasteiger partial charge is 0.756 e. The van der Waals surface area contributed by atoms with Crippen LogP contribution >= 0.6 is 7.82 Å². The quantitative estimate of drug-likeness (QED) is 0.0196. The van der Waals surface area contributed by atoms with E-state index in [9.17, 15) is 34.1 Å². The molecule has 0 aromatic carbocycles. The number of quaternary nitrogens is 1. The summed E-state index contributed by atoms with van der Waals surface area (Å²) >= 11 is 0. The van der Waals surface area contributed by atoms with Gasteiger partial charge in [0.1, 0.15) is 25.5 Å². The van der Waals surface area contributed by atoms with Crippen molar-refractivity contribution >= 4 is 25.5 Å². The fourth-order valence-electron chi connectivity index (χ4n) is 8.17. The zero-order valence-electron chi connectivity index (χ0n) is 41.9. The number of carbonyl (C=O) groups is 3. The fourth-order valence-corrected chi connectivity index (χ4v) is 8.90. The van der Waals surface area contributed by atoms with Crippen LogP contribution in [0.3, 0.4) is 0 Å². The van der Waals surface area contributed by atoms with Gasteiger partial charge in [-0.25, -0.2) is 0 Å². The Morgan fingerprint density at radius 1 is 0.723 bits per heavy atom. The summed E-state index contributed by atoms with van der Waals surface area (Å²) in [6.45, 7) is 3.85. The molecule has 0 saturated heterocycles. The lowest BCUT2D eigenvalue weighted by Gasteiger charge is -2.28. The monoisotopic (exact) mass is 942 g/mol. The molecule has 0 aromatic heterocycles. The summed E-state index contributed by atoms with van der Waals surface area (Å²) in [6, 6.07) is 0. The van der Waals surface area contributed by atoms with Crippen molar-refractivity contribution in [3.8, 4) is 0 Å². The van der Waals surface area contributed by atoms with Gasteiger partial charge in [0, 0.05) is 31.1 Å². The van der Waals surface area contributed by atoms with Crippen molar-refractivity contribution in [1.29, 1.82) is 0 Å². The van der Waals surface area contributed by atoms with Crippen LogP contribution in [0.15, 0.2) is 24.3 Å². The molecule has 6 atom stereocenters. The van der Waals surface area contributed by atoms with Gasteiger partial charge in [0.2, 0.25) is 0 Å². The Hall–Kier alpha value is -1.92. The van der Waals surface area contributed by atoms with Crippen LogP contribution in [0.2, 0.25) is 0 Å². The highest BCUT2D eigenvalue weighted by Crippen LogP contribution is 2.38. The number of nitrogens with zero attached hydrogens (tertiary/aromatic N) is 1. The number of hydrogen-bond donors (Lipinski definition) is 2. The standard InChI is InChI=1S/C52H96NO11P/c1-6-8-10-11-12-13-14-15-16-17-18-19-20-21-22-23-24-25-26-27-32-36-51(57)61-43-46(44-63-65(59,60)62-41-40-53(3,4)5)64-52(58)37-33-29-28-31-35-47-48(50(56)42-49(47)55)39-38-45(54)34-30-9-7-2/h28,31,38-39,45-49,54-55H,6-27,29-30,32-37,40-44H2,1-5H3/b31-28-,39-38+/t45-,46+,47+,48+,49-/m0/s1. The summed E-state index contributed by atoms with van der Waals surface area (Å²) in [6.07, 6.45) is 37.2. The minimum Gasteiger partial charge on any atom is -0.756 e. The van der Waals surface area contributed by atoms with Gasteiger partial charge in [-0.15, -0.1) is 0 Å². The highest BCUT2D eigenvalue weighted by atomic mass is 31.2. The molecule has 1 aliphatic rings. The first-order chi connectivity index (χ1) is 31.2. The Labute approximate surface area is 396 Å². The second-order valence-corrected chi connectivity index (χ2v) is 21.1. The molecule has 1 saturated carbocycles. The van der Waals surface area contributed by atoms with Crippen LogP contribution in [-0.4, -0.2) is 98.2 Å². The summed E-state index contributed by atoms with van der Waals surface area (Å²) in [4.78, 5) is 50.5. The van der Waals surface area contributed by atoms with Crippen LogP contribution in [0.1, 0.15) is 213 Å². The predicted molar refractivity (Wildman–Crippen MR) is 260 cm³/mol. The molecule has 1 unspecified atom stereocenters. The lowest BCUT2D eigenvalue weighted by atomic mass is 9.90. The van der Waals surface area contributed by atoms with Crippen molar-refractivity contribution in [3.05, 3.63) is 24.3 Å². The smallest absolute Gasteiger partial charge is 0.306 e. The van der Waals surface area contributed by atoms with Crippen molar-refractivity contribution in [3.63, 3.8) is 0 Å². The van der Waals surface area contributed by atoms with Crippen molar-refractivity contribution in [2.24, 2.45) is 11.8 Å². The van der Waals surface area contributed by atoms with Crippen molar-refractivity contribution < 1.29 is 57.1 Å². The SMILES string of the molecule is CCCCCCCCCCCCCCCCCCCCCCCC(=O)OC[C@H](COP(=O)([O-])OCC[N+](C)(C)C)OC(=O)CCC/C=C\C[C@H]1[C@@H](O)CC(=O)[C@@H]1/C=C/[C@@H](O)CCCCC. The number of Topliss-reactive ketones (excluding diaryl/α,β-unsaturated/α-hetero) is 1. The molecule has 0 aromatic rings. The summed E-state index contributed by atoms with van der Waals surface area (Å²) in [5.41, 5.74) is 0. The summed E-state index contributed by atoms with van der Waals surface area (Å²) in [5, 5.41) is 20.8. The maximum Gasteiger partial charge on any atom is 0.306 e. The third-order valence-electron chi connectivity index (χ3n) is 12.4. The lowest BCUT2D eigenvalue weighted by Crippen LogP contribution is -2.37. The molecule has 0 radical (unpaired) electrons. The molecule has 0 spiro atoms. The highest BCUT2D eigenvalue weighted by Gasteiger charge is 2.39. The number of rotatable bonds is 44. The van der Waals surface area contributed by atoms with Crippen LogP contribution in [-0.2, 0) is 37.5 Å². The average Bonchev–Trinajstić information content (AvgIpc) is 3.52. The molecule has 0 bridgehead atoms. The maximum absolute atomic E-state index is 12.8. The van der Waals surface area contributed by atoms with Gasteiger partial charge in [-0.3, -0.25) is 18.9 Å². The number of allylic oxidation sites excluding steroid dienone is 3. The van der Waals surface area contributed by atoms with Crippen molar-refractivity contribution in [1.82, 2.24) is 0 Å². The fraction of sp³-hybridized carbons (Fsp3) is 0.865. The Kier molecular flexibility index (Phi) is 36.6. The van der Waals surface area contributed by atoms with Gasteiger partial charge in [-0.05, 0) is 32.1 Å². The molecular formula is C52H96NO11P. The van der Waals surface area contributed by atoms with E-state index in [0.29, 0.717) is 43.1 Å². The van der Waals surface area contributed by atoms with Gasteiger partial charge in [-0.2, -0.15) is 0 Å². The molecule has 380 valence electrons. The minimum atomic E-state index is -4.70. The molecule has 13 heteroatoms. The van der Waals surface area contributed by atoms with Gasteiger partial charge < -0.3 is 38.1 Å². The number of likely N-dealkylation sites (N-methyl/N-ethyl adjacent to an activating group) is 1. The van der Waals surface area contributed by atoms with Gasteiger partial charge in [0.15, 0.2) is 6.10 Å². The van der Waals surface area contributed by atoms with Gasteiger partial charge in [0.25, 0.3) is 7.82 Å². The Balaban J connectivity index is 2.38. The first kappa shape index (κ1) is 61.1. The molecule has 2 N–H and O–H groups in total. The molecular weight excluding hydrogens is 846 g/mol. The second kappa shape index (κ2) is 39.0. The molecule has 12 nitrogen and oxygen atoms in total. The molecule has 0 heterocycles. The van der Waals surface area contributed by atoms with Crippen molar-refractivity contribution in [2.75, 3.05) is 47.5 Å². The number of ketones is 1. The van der Waals surface area contributed by atoms with Crippen LogP contribution in [0, 0.1) is 11.8 Å². The zero-order valence-corrected chi connectivity index (χ0v) is 42.8. The number of carbonyl (C=O) groups excluding carboxylic acids is 3.